The number of fused-ring (bicyclic) bond motifs is 1. The number of hydrogen-bond donors (Lipinski definition) is 1. The quantitative estimate of drug-likeness (QED) is 0.799. The highest BCUT2D eigenvalue weighted by molar-refractivity contribution is 5.60. The van der Waals surface area contributed by atoms with E-state index >= 15 is 0 Å². The van der Waals surface area contributed by atoms with Crippen LogP contribution in [0.3, 0.4) is 0 Å². The maximum Gasteiger partial charge on any atom is 0.143 e. The highest BCUT2D eigenvalue weighted by atomic mass is 16.5. The Morgan fingerprint density at radius 3 is 3.00 bits per heavy atom. The Morgan fingerprint density at radius 1 is 1.53 bits per heavy atom. The summed E-state index contributed by atoms with van der Waals surface area (Å²) in [6.07, 6.45) is 0.235. The summed E-state index contributed by atoms with van der Waals surface area (Å²) in [6.45, 7) is 5.91. The maximum atomic E-state index is 5.84. The van der Waals surface area contributed by atoms with Crippen molar-refractivity contribution in [2.24, 2.45) is 5.73 Å². The summed E-state index contributed by atoms with van der Waals surface area (Å²) in [6, 6.07) is 8.32. The zero-order chi connectivity index (χ0) is 10.8. The van der Waals surface area contributed by atoms with E-state index < -0.39 is 0 Å². The average Bonchev–Trinajstić information content (AvgIpc) is 2.16. The number of nitrogens with two attached hydrogens (primary N) is 1. The summed E-state index contributed by atoms with van der Waals surface area (Å²) >= 11 is 0. The van der Waals surface area contributed by atoms with Crippen molar-refractivity contribution in [3.63, 3.8) is 0 Å². The van der Waals surface area contributed by atoms with Crippen LogP contribution in [0.15, 0.2) is 24.3 Å². The largest absolute Gasteiger partial charge is 0.487 e. The van der Waals surface area contributed by atoms with E-state index in [2.05, 4.69) is 17.9 Å². The van der Waals surface area contributed by atoms with E-state index in [0.717, 1.165) is 24.5 Å². The summed E-state index contributed by atoms with van der Waals surface area (Å²) < 4.78 is 5.76. The van der Waals surface area contributed by atoms with Gasteiger partial charge in [-0.3, -0.25) is 0 Å². The molecule has 2 atom stereocenters. The molecule has 0 fully saturated rings. The minimum absolute atomic E-state index is 0.184. The Bertz CT molecular complexity index is 338. The topological polar surface area (TPSA) is 38.5 Å². The fraction of sp³-hybridized carbons (Fsp3) is 0.500. The zero-order valence-electron chi connectivity index (χ0n) is 9.31. The van der Waals surface area contributed by atoms with E-state index in [4.69, 9.17) is 10.5 Å². The normalized spacial score (nSPS) is 21.8. The van der Waals surface area contributed by atoms with Gasteiger partial charge in [0.05, 0.1) is 12.2 Å². The van der Waals surface area contributed by atoms with Crippen LogP contribution in [-0.2, 0) is 0 Å². The van der Waals surface area contributed by atoms with Gasteiger partial charge in [0.2, 0.25) is 0 Å². The maximum absolute atomic E-state index is 5.84. The van der Waals surface area contributed by atoms with E-state index in [0.29, 0.717) is 0 Å². The molecule has 1 heterocycles. The molecule has 2 rings (SSSR count). The van der Waals surface area contributed by atoms with E-state index in [9.17, 15) is 0 Å². The van der Waals surface area contributed by atoms with Gasteiger partial charge in [-0.1, -0.05) is 12.1 Å². The molecule has 15 heavy (non-hydrogen) atoms. The first-order chi connectivity index (χ1) is 7.16. The monoisotopic (exact) mass is 206 g/mol. The molecule has 0 spiro atoms. The third-order valence-corrected chi connectivity index (χ3v) is 2.52. The third-order valence-electron chi connectivity index (χ3n) is 2.52. The second-order valence-electron chi connectivity index (χ2n) is 4.28. The van der Waals surface area contributed by atoms with Gasteiger partial charge in [-0.2, -0.15) is 0 Å². The van der Waals surface area contributed by atoms with Crippen LogP contribution in [-0.4, -0.2) is 25.2 Å². The lowest BCUT2D eigenvalue weighted by molar-refractivity contribution is 0.212. The van der Waals surface area contributed by atoms with Crippen molar-refractivity contribution in [3.8, 4) is 5.75 Å². The Morgan fingerprint density at radius 2 is 2.27 bits per heavy atom. The van der Waals surface area contributed by atoms with Gasteiger partial charge in [0.25, 0.3) is 0 Å². The zero-order valence-corrected chi connectivity index (χ0v) is 9.31. The fourth-order valence-corrected chi connectivity index (χ4v) is 2.00. The molecule has 1 aliphatic heterocycles. The lowest BCUT2D eigenvalue weighted by atomic mass is 10.2. The molecule has 0 radical (unpaired) electrons. The number of benzene rings is 1. The van der Waals surface area contributed by atoms with Gasteiger partial charge in [-0.05, 0) is 26.0 Å². The van der Waals surface area contributed by atoms with Crippen LogP contribution < -0.4 is 15.4 Å². The van der Waals surface area contributed by atoms with Crippen LogP contribution in [0.2, 0.25) is 0 Å². The molecule has 0 aromatic heterocycles. The number of anilines is 1. The summed E-state index contributed by atoms with van der Waals surface area (Å²) in [5.74, 6) is 0.969. The second kappa shape index (κ2) is 4.11. The summed E-state index contributed by atoms with van der Waals surface area (Å²) in [7, 11) is 0. The molecule has 1 aromatic rings. The Balaban J connectivity index is 2.26. The molecule has 3 nitrogen and oxygen atoms in total. The van der Waals surface area contributed by atoms with Crippen LogP contribution in [0.25, 0.3) is 0 Å². The van der Waals surface area contributed by atoms with Gasteiger partial charge < -0.3 is 15.4 Å². The minimum atomic E-state index is 0.184. The molecule has 1 aliphatic rings. The Hall–Kier alpha value is -1.22. The van der Waals surface area contributed by atoms with Gasteiger partial charge in [0.1, 0.15) is 11.9 Å². The fourth-order valence-electron chi connectivity index (χ4n) is 2.00. The van der Waals surface area contributed by atoms with Crippen molar-refractivity contribution in [2.75, 3.05) is 18.0 Å². The molecule has 2 unspecified atom stereocenters. The molecule has 1 aromatic carbocycles. The van der Waals surface area contributed by atoms with Crippen LogP contribution in [0.5, 0.6) is 5.75 Å². The summed E-state index contributed by atoms with van der Waals surface area (Å²) in [5.41, 5.74) is 7.00. The molecular weight excluding hydrogens is 188 g/mol. The van der Waals surface area contributed by atoms with Crippen LogP contribution >= 0.6 is 0 Å². The van der Waals surface area contributed by atoms with Gasteiger partial charge in [0.15, 0.2) is 0 Å². The summed E-state index contributed by atoms with van der Waals surface area (Å²) in [5, 5.41) is 0. The molecule has 0 aliphatic carbocycles. The van der Waals surface area contributed by atoms with Crippen LogP contribution in [0.4, 0.5) is 5.69 Å². The van der Waals surface area contributed by atoms with E-state index in [1.54, 1.807) is 0 Å². The first-order valence-electron chi connectivity index (χ1n) is 5.43. The van der Waals surface area contributed by atoms with Crippen molar-refractivity contribution in [1.82, 2.24) is 0 Å². The van der Waals surface area contributed by atoms with Crippen molar-refractivity contribution in [3.05, 3.63) is 24.3 Å². The average molecular weight is 206 g/mol. The van der Waals surface area contributed by atoms with Crippen LogP contribution in [0, 0.1) is 0 Å². The number of rotatable bonds is 2. The standard InChI is InChI=1S/C12H18N2O/c1-9(13)7-14-8-10(2)15-12-6-4-3-5-11(12)14/h3-6,9-10H,7-8,13H2,1-2H3. The highest BCUT2D eigenvalue weighted by Crippen LogP contribution is 2.32. The van der Waals surface area contributed by atoms with Gasteiger partial charge in [-0.15, -0.1) is 0 Å². The highest BCUT2D eigenvalue weighted by Gasteiger charge is 2.22. The molecule has 0 amide bonds. The first kappa shape index (κ1) is 10.3. The molecule has 82 valence electrons. The Kier molecular flexibility index (Phi) is 2.82. The first-order valence-corrected chi connectivity index (χ1v) is 5.43. The van der Waals surface area contributed by atoms with Gasteiger partial charge >= 0.3 is 0 Å². The van der Waals surface area contributed by atoms with Crippen LogP contribution in [0.1, 0.15) is 13.8 Å². The van der Waals surface area contributed by atoms with Crippen molar-refractivity contribution in [2.45, 2.75) is 26.0 Å². The number of hydrogen-bond acceptors (Lipinski definition) is 3. The van der Waals surface area contributed by atoms with Crippen molar-refractivity contribution in [1.29, 1.82) is 0 Å². The lowest BCUT2D eigenvalue weighted by Crippen LogP contribution is -2.43. The molecule has 0 saturated carbocycles. The smallest absolute Gasteiger partial charge is 0.143 e. The van der Waals surface area contributed by atoms with Gasteiger partial charge in [-0.25, -0.2) is 0 Å². The molecule has 2 N–H and O–H groups in total. The second-order valence-corrected chi connectivity index (χ2v) is 4.28. The van der Waals surface area contributed by atoms with Gasteiger partial charge in [0, 0.05) is 12.6 Å². The predicted molar refractivity (Wildman–Crippen MR) is 62.4 cm³/mol. The number of para-hydroxylation sites is 2. The third kappa shape index (κ3) is 2.23. The lowest BCUT2D eigenvalue weighted by Gasteiger charge is -2.35. The molecule has 0 bridgehead atoms. The van der Waals surface area contributed by atoms with Crippen molar-refractivity contribution >= 4 is 5.69 Å². The predicted octanol–water partition coefficient (Wildman–Crippen LogP) is 1.62. The SMILES string of the molecule is CC(N)CN1CC(C)Oc2ccccc21. The van der Waals surface area contributed by atoms with Crippen molar-refractivity contribution < 1.29 is 4.74 Å². The number of ether oxygens (including phenoxy) is 1. The molecular formula is C12H18N2O. The van der Waals surface area contributed by atoms with E-state index in [1.165, 1.54) is 0 Å². The minimum Gasteiger partial charge on any atom is -0.487 e. The Labute approximate surface area is 90.8 Å². The number of nitrogens with zero attached hydrogens (tertiary/aromatic N) is 1. The molecule has 3 heteroatoms. The summed E-state index contributed by atoms with van der Waals surface area (Å²) in [4.78, 5) is 2.30. The van der Waals surface area contributed by atoms with E-state index in [1.807, 2.05) is 25.1 Å². The molecule has 0 saturated heterocycles. The van der Waals surface area contributed by atoms with E-state index in [-0.39, 0.29) is 12.1 Å².